The van der Waals surface area contributed by atoms with Crippen LogP contribution in [0.15, 0.2) is 41.4 Å². The van der Waals surface area contributed by atoms with E-state index in [4.69, 9.17) is 14.2 Å². The van der Waals surface area contributed by atoms with Crippen molar-refractivity contribution in [3.63, 3.8) is 0 Å². The molecule has 0 bridgehead atoms. The van der Waals surface area contributed by atoms with Crippen LogP contribution in [0.25, 0.3) is 0 Å². The third kappa shape index (κ3) is 7.39. The molecule has 0 heterocycles. The molecule has 0 radical (unpaired) electrons. The predicted molar refractivity (Wildman–Crippen MR) is 122 cm³/mol. The van der Waals surface area contributed by atoms with Gasteiger partial charge in [-0.1, -0.05) is 6.07 Å². The van der Waals surface area contributed by atoms with Crippen LogP contribution in [0.5, 0.6) is 23.0 Å². The SMILES string of the molecule is CN=C(NCc1ccc(OC)c(OC)c1)NCc1cc(OC)ccc1OC(F)F.I. The summed E-state index contributed by atoms with van der Waals surface area (Å²) >= 11 is 0. The Labute approximate surface area is 191 Å². The number of nitrogens with one attached hydrogen (secondary N) is 2. The van der Waals surface area contributed by atoms with Gasteiger partial charge in [-0.15, -0.1) is 24.0 Å². The molecule has 30 heavy (non-hydrogen) atoms. The first-order valence-electron chi connectivity index (χ1n) is 8.77. The largest absolute Gasteiger partial charge is 0.497 e. The molecule has 2 N–H and O–H groups in total. The number of guanidine groups is 1. The maximum absolute atomic E-state index is 12.6. The van der Waals surface area contributed by atoms with Gasteiger partial charge in [0.2, 0.25) is 0 Å². The van der Waals surface area contributed by atoms with E-state index in [1.165, 1.54) is 13.2 Å². The maximum atomic E-state index is 12.6. The molecule has 0 atom stereocenters. The molecule has 2 aromatic carbocycles. The van der Waals surface area contributed by atoms with Crippen molar-refractivity contribution in [1.82, 2.24) is 10.6 Å². The smallest absolute Gasteiger partial charge is 0.387 e. The van der Waals surface area contributed by atoms with E-state index in [-0.39, 0.29) is 36.3 Å². The summed E-state index contributed by atoms with van der Waals surface area (Å²) in [6.45, 7) is -2.23. The number of alkyl halides is 2. The molecule has 0 saturated heterocycles. The molecular formula is C20H26F2IN3O4. The zero-order valence-corrected chi connectivity index (χ0v) is 19.5. The molecule has 0 amide bonds. The van der Waals surface area contributed by atoms with Gasteiger partial charge in [-0.25, -0.2) is 0 Å². The fourth-order valence-corrected chi connectivity index (χ4v) is 2.61. The van der Waals surface area contributed by atoms with Crippen LogP contribution in [0.1, 0.15) is 11.1 Å². The zero-order chi connectivity index (χ0) is 21.2. The predicted octanol–water partition coefficient (Wildman–Crippen LogP) is 3.80. The average Bonchev–Trinajstić information content (AvgIpc) is 2.74. The minimum absolute atomic E-state index is 0. The molecule has 166 valence electrons. The van der Waals surface area contributed by atoms with Crippen LogP contribution in [-0.2, 0) is 13.1 Å². The number of ether oxygens (including phenoxy) is 4. The van der Waals surface area contributed by atoms with Gasteiger partial charge in [0, 0.05) is 25.7 Å². The lowest BCUT2D eigenvalue weighted by atomic mass is 10.2. The first-order chi connectivity index (χ1) is 14.0. The van der Waals surface area contributed by atoms with Gasteiger partial charge in [0.25, 0.3) is 0 Å². The first kappa shape index (κ1) is 25.5. The molecule has 0 unspecified atom stereocenters. The van der Waals surface area contributed by atoms with Crippen LogP contribution in [0, 0.1) is 0 Å². The standard InChI is InChI=1S/C20H25F2N3O4.HI/c1-23-20(24-11-13-5-7-17(27-3)18(9-13)28-4)25-12-14-10-15(26-2)6-8-16(14)29-19(21)22;/h5-10,19H,11-12H2,1-4H3,(H2,23,24,25);1H. The molecule has 2 rings (SSSR count). The van der Waals surface area contributed by atoms with E-state index in [2.05, 4.69) is 20.4 Å². The fraction of sp³-hybridized carbons (Fsp3) is 0.350. The van der Waals surface area contributed by atoms with Gasteiger partial charge in [-0.2, -0.15) is 8.78 Å². The highest BCUT2D eigenvalue weighted by atomic mass is 127. The Kier molecular flexibility index (Phi) is 11.0. The van der Waals surface area contributed by atoms with Gasteiger partial charge < -0.3 is 29.6 Å². The third-order valence-corrected chi connectivity index (χ3v) is 4.06. The van der Waals surface area contributed by atoms with E-state index in [0.29, 0.717) is 35.3 Å². The second-order valence-corrected chi connectivity index (χ2v) is 5.82. The minimum atomic E-state index is -2.91. The summed E-state index contributed by atoms with van der Waals surface area (Å²) in [5, 5.41) is 6.23. The molecule has 0 aliphatic carbocycles. The van der Waals surface area contributed by atoms with E-state index in [0.717, 1.165) is 5.56 Å². The maximum Gasteiger partial charge on any atom is 0.387 e. The molecule has 0 fully saturated rings. The fourth-order valence-electron chi connectivity index (χ4n) is 2.61. The third-order valence-electron chi connectivity index (χ3n) is 4.06. The Bertz CT molecular complexity index is 838. The summed E-state index contributed by atoms with van der Waals surface area (Å²) in [4.78, 5) is 4.15. The summed E-state index contributed by atoms with van der Waals surface area (Å²) in [6.07, 6.45) is 0. The Morgan fingerprint density at radius 3 is 2.17 bits per heavy atom. The van der Waals surface area contributed by atoms with Crippen LogP contribution in [0.3, 0.4) is 0 Å². The van der Waals surface area contributed by atoms with Crippen LogP contribution < -0.4 is 29.6 Å². The second-order valence-electron chi connectivity index (χ2n) is 5.82. The number of nitrogens with zero attached hydrogens (tertiary/aromatic N) is 1. The summed E-state index contributed by atoms with van der Waals surface area (Å²) in [5.41, 5.74) is 1.47. The first-order valence-corrected chi connectivity index (χ1v) is 8.77. The van der Waals surface area contributed by atoms with Gasteiger partial charge in [0.1, 0.15) is 11.5 Å². The number of methoxy groups -OCH3 is 3. The molecular weight excluding hydrogens is 511 g/mol. The highest BCUT2D eigenvalue weighted by Crippen LogP contribution is 2.27. The number of hydrogen-bond donors (Lipinski definition) is 2. The van der Waals surface area contributed by atoms with Crippen molar-refractivity contribution in [2.75, 3.05) is 28.4 Å². The van der Waals surface area contributed by atoms with E-state index >= 15 is 0 Å². The Hall–Kier alpha value is -2.50. The molecule has 0 saturated carbocycles. The molecule has 0 aromatic heterocycles. The van der Waals surface area contributed by atoms with Crippen LogP contribution in [0.2, 0.25) is 0 Å². The topological polar surface area (TPSA) is 73.3 Å². The lowest BCUT2D eigenvalue weighted by Crippen LogP contribution is -2.36. The van der Waals surface area contributed by atoms with Crippen molar-refractivity contribution >= 4 is 29.9 Å². The number of benzene rings is 2. The lowest BCUT2D eigenvalue weighted by Gasteiger charge is -2.16. The highest BCUT2D eigenvalue weighted by molar-refractivity contribution is 14.0. The quantitative estimate of drug-likeness (QED) is 0.288. The average molecular weight is 537 g/mol. The van der Waals surface area contributed by atoms with Crippen molar-refractivity contribution in [3.8, 4) is 23.0 Å². The number of aliphatic imine (C=N–C) groups is 1. The normalized spacial score (nSPS) is 10.8. The monoisotopic (exact) mass is 537 g/mol. The summed E-state index contributed by atoms with van der Waals surface area (Å²) in [5.74, 6) is 2.37. The highest BCUT2D eigenvalue weighted by Gasteiger charge is 2.12. The van der Waals surface area contributed by atoms with Gasteiger partial charge in [-0.05, 0) is 35.9 Å². The van der Waals surface area contributed by atoms with Crippen molar-refractivity contribution in [2.45, 2.75) is 19.7 Å². The molecule has 10 heteroatoms. The van der Waals surface area contributed by atoms with E-state index in [9.17, 15) is 8.78 Å². The second kappa shape index (κ2) is 12.9. The van der Waals surface area contributed by atoms with Crippen molar-refractivity contribution < 1.29 is 27.7 Å². The number of halogens is 3. The number of hydrogen-bond acceptors (Lipinski definition) is 5. The molecule has 7 nitrogen and oxygen atoms in total. The minimum Gasteiger partial charge on any atom is -0.497 e. The van der Waals surface area contributed by atoms with Crippen LogP contribution in [0.4, 0.5) is 8.78 Å². The van der Waals surface area contributed by atoms with Gasteiger partial charge in [-0.3, -0.25) is 4.99 Å². The number of rotatable bonds is 9. The van der Waals surface area contributed by atoms with Crippen molar-refractivity contribution in [3.05, 3.63) is 47.5 Å². The summed E-state index contributed by atoms with van der Waals surface area (Å²) in [6, 6.07) is 10.2. The van der Waals surface area contributed by atoms with Crippen molar-refractivity contribution in [2.24, 2.45) is 4.99 Å². The van der Waals surface area contributed by atoms with Crippen molar-refractivity contribution in [1.29, 1.82) is 0 Å². The van der Waals surface area contributed by atoms with Gasteiger partial charge in [0.15, 0.2) is 17.5 Å². The van der Waals surface area contributed by atoms with E-state index in [1.807, 2.05) is 18.2 Å². The Balaban J connectivity index is 0.00000450. The van der Waals surface area contributed by atoms with E-state index in [1.54, 1.807) is 33.4 Å². The summed E-state index contributed by atoms with van der Waals surface area (Å²) in [7, 11) is 6.27. The molecule has 0 aliphatic heterocycles. The zero-order valence-electron chi connectivity index (χ0n) is 17.2. The Morgan fingerprint density at radius 2 is 1.57 bits per heavy atom. The molecule has 2 aromatic rings. The van der Waals surface area contributed by atoms with Gasteiger partial charge >= 0.3 is 6.61 Å². The lowest BCUT2D eigenvalue weighted by molar-refractivity contribution is -0.0505. The molecule has 0 spiro atoms. The molecule has 0 aliphatic rings. The van der Waals surface area contributed by atoms with Crippen LogP contribution in [-0.4, -0.2) is 40.9 Å². The Morgan fingerprint density at radius 1 is 0.900 bits per heavy atom. The summed E-state index contributed by atoms with van der Waals surface area (Å²) < 4.78 is 45.5. The van der Waals surface area contributed by atoms with Crippen LogP contribution >= 0.6 is 24.0 Å². The van der Waals surface area contributed by atoms with E-state index < -0.39 is 6.61 Å². The van der Waals surface area contributed by atoms with Gasteiger partial charge in [0.05, 0.1) is 21.3 Å².